The van der Waals surface area contributed by atoms with E-state index in [0.717, 1.165) is 18.4 Å². The van der Waals surface area contributed by atoms with E-state index in [1.807, 2.05) is 41.0 Å². The van der Waals surface area contributed by atoms with E-state index in [4.69, 9.17) is 0 Å². The van der Waals surface area contributed by atoms with Crippen LogP contribution in [0.15, 0.2) is 36.4 Å². The third kappa shape index (κ3) is 4.25. The molecule has 0 radical (unpaired) electrons. The lowest BCUT2D eigenvalue weighted by Gasteiger charge is -2.35. The molecule has 0 unspecified atom stereocenters. The second-order valence-corrected chi connectivity index (χ2v) is 6.89. The first-order chi connectivity index (χ1) is 11.6. The number of carbonyl (C=O) groups is 2. The Morgan fingerprint density at radius 2 is 1.62 bits per heavy atom. The molecule has 1 saturated heterocycles. The van der Waals surface area contributed by atoms with Gasteiger partial charge in [-0.2, -0.15) is 0 Å². The molecular weight excluding hydrogens is 300 g/mol. The molecule has 0 N–H and O–H groups in total. The standard InChI is InChI=1S/C20H26N2O2/c1-16-6-8-18(9-7-16)15-20(24)22-12-10-21(11-13-22)19(23)14-17-4-2-3-5-17/h2,4,6-9,17H,3,5,10-15H2,1H3/t17-/m1/s1. The summed E-state index contributed by atoms with van der Waals surface area (Å²) in [4.78, 5) is 28.6. The zero-order valence-corrected chi connectivity index (χ0v) is 14.4. The van der Waals surface area contributed by atoms with Crippen molar-refractivity contribution in [2.24, 2.45) is 5.92 Å². The van der Waals surface area contributed by atoms with Crippen LogP contribution in [0.5, 0.6) is 0 Å². The van der Waals surface area contributed by atoms with E-state index in [-0.39, 0.29) is 11.8 Å². The predicted molar refractivity (Wildman–Crippen MR) is 94.5 cm³/mol. The van der Waals surface area contributed by atoms with Gasteiger partial charge in [-0.3, -0.25) is 9.59 Å². The van der Waals surface area contributed by atoms with Gasteiger partial charge in [-0.15, -0.1) is 0 Å². The van der Waals surface area contributed by atoms with Gasteiger partial charge in [-0.25, -0.2) is 0 Å². The Kier molecular flexibility index (Phi) is 5.34. The lowest BCUT2D eigenvalue weighted by molar-refractivity contribution is -0.139. The van der Waals surface area contributed by atoms with Crippen molar-refractivity contribution in [1.29, 1.82) is 0 Å². The van der Waals surface area contributed by atoms with Crippen LogP contribution in [-0.2, 0) is 16.0 Å². The first kappa shape index (κ1) is 16.7. The first-order valence-corrected chi connectivity index (χ1v) is 8.89. The van der Waals surface area contributed by atoms with Crippen molar-refractivity contribution in [2.45, 2.75) is 32.6 Å². The SMILES string of the molecule is Cc1ccc(CC(=O)N2CCN(C(=O)C[C@@H]3C=CCC3)CC2)cc1. The molecule has 128 valence electrons. The maximum Gasteiger partial charge on any atom is 0.227 e. The van der Waals surface area contributed by atoms with E-state index in [9.17, 15) is 9.59 Å². The summed E-state index contributed by atoms with van der Waals surface area (Å²) in [6.45, 7) is 4.67. The van der Waals surface area contributed by atoms with E-state index in [2.05, 4.69) is 12.2 Å². The molecule has 2 aliphatic rings. The number of piperazine rings is 1. The Morgan fingerprint density at radius 3 is 2.21 bits per heavy atom. The van der Waals surface area contributed by atoms with Gasteiger partial charge < -0.3 is 9.80 Å². The van der Waals surface area contributed by atoms with Gasteiger partial charge in [0.05, 0.1) is 6.42 Å². The van der Waals surface area contributed by atoms with Crippen molar-refractivity contribution < 1.29 is 9.59 Å². The molecule has 0 saturated carbocycles. The van der Waals surface area contributed by atoms with Crippen LogP contribution in [0.1, 0.15) is 30.4 Å². The molecule has 1 heterocycles. The van der Waals surface area contributed by atoms with Crippen LogP contribution in [0.3, 0.4) is 0 Å². The van der Waals surface area contributed by atoms with Crippen LogP contribution in [0.4, 0.5) is 0 Å². The average molecular weight is 326 g/mol. The maximum absolute atomic E-state index is 12.4. The predicted octanol–water partition coefficient (Wildman–Crippen LogP) is 2.56. The molecule has 3 rings (SSSR count). The molecule has 1 aromatic carbocycles. The van der Waals surface area contributed by atoms with Gasteiger partial charge >= 0.3 is 0 Å². The van der Waals surface area contributed by atoms with Crippen LogP contribution in [0, 0.1) is 12.8 Å². The van der Waals surface area contributed by atoms with E-state index < -0.39 is 0 Å². The lowest BCUT2D eigenvalue weighted by atomic mass is 10.0. The quantitative estimate of drug-likeness (QED) is 0.798. The highest BCUT2D eigenvalue weighted by Gasteiger charge is 2.25. The fourth-order valence-corrected chi connectivity index (χ4v) is 3.42. The minimum Gasteiger partial charge on any atom is -0.339 e. The summed E-state index contributed by atoms with van der Waals surface area (Å²) < 4.78 is 0. The molecule has 1 atom stereocenters. The van der Waals surface area contributed by atoms with E-state index in [1.54, 1.807) is 0 Å². The van der Waals surface area contributed by atoms with Gasteiger partial charge in [0.15, 0.2) is 0 Å². The maximum atomic E-state index is 12.4. The molecule has 1 aliphatic carbocycles. The van der Waals surface area contributed by atoms with Crippen LogP contribution < -0.4 is 0 Å². The highest BCUT2D eigenvalue weighted by molar-refractivity contribution is 5.80. The number of nitrogens with zero attached hydrogens (tertiary/aromatic N) is 2. The highest BCUT2D eigenvalue weighted by Crippen LogP contribution is 2.21. The number of carbonyl (C=O) groups excluding carboxylic acids is 2. The summed E-state index contributed by atoms with van der Waals surface area (Å²) in [5.74, 6) is 0.806. The van der Waals surface area contributed by atoms with Crippen LogP contribution in [0.25, 0.3) is 0 Å². The summed E-state index contributed by atoms with van der Waals surface area (Å²) in [5, 5.41) is 0. The van der Waals surface area contributed by atoms with Gasteiger partial charge in [-0.1, -0.05) is 42.0 Å². The number of hydrogen-bond donors (Lipinski definition) is 0. The van der Waals surface area contributed by atoms with Gasteiger partial charge in [0.25, 0.3) is 0 Å². The van der Waals surface area contributed by atoms with Crippen LogP contribution in [0.2, 0.25) is 0 Å². The Morgan fingerprint density at radius 1 is 1.00 bits per heavy atom. The zero-order chi connectivity index (χ0) is 16.9. The van der Waals surface area contributed by atoms with E-state index >= 15 is 0 Å². The van der Waals surface area contributed by atoms with Crippen molar-refractivity contribution in [3.63, 3.8) is 0 Å². The minimum atomic E-state index is 0.157. The van der Waals surface area contributed by atoms with E-state index in [1.165, 1.54) is 5.56 Å². The molecule has 4 nitrogen and oxygen atoms in total. The van der Waals surface area contributed by atoms with Crippen molar-refractivity contribution in [1.82, 2.24) is 9.80 Å². The summed E-state index contributed by atoms with van der Waals surface area (Å²) in [7, 11) is 0. The Balaban J connectivity index is 1.45. The first-order valence-electron chi connectivity index (χ1n) is 8.89. The summed E-state index contributed by atoms with van der Waals surface area (Å²) in [6.07, 6.45) is 7.59. The highest BCUT2D eigenvalue weighted by atomic mass is 16.2. The average Bonchev–Trinajstić information content (AvgIpc) is 3.10. The molecule has 1 fully saturated rings. The van der Waals surface area contributed by atoms with Gasteiger partial charge in [0, 0.05) is 32.6 Å². The van der Waals surface area contributed by atoms with Crippen molar-refractivity contribution in [2.75, 3.05) is 26.2 Å². The summed E-state index contributed by atoms with van der Waals surface area (Å²) in [5.41, 5.74) is 2.26. The van der Waals surface area contributed by atoms with Gasteiger partial charge in [0.2, 0.25) is 11.8 Å². The smallest absolute Gasteiger partial charge is 0.227 e. The van der Waals surface area contributed by atoms with Crippen LogP contribution >= 0.6 is 0 Å². The van der Waals surface area contributed by atoms with Gasteiger partial charge in [0.1, 0.15) is 0 Å². The number of aryl methyl sites for hydroxylation is 1. The summed E-state index contributed by atoms with van der Waals surface area (Å²) in [6, 6.07) is 8.11. The zero-order valence-electron chi connectivity index (χ0n) is 14.4. The van der Waals surface area contributed by atoms with Gasteiger partial charge in [-0.05, 0) is 31.2 Å². The minimum absolute atomic E-state index is 0.157. The number of benzene rings is 1. The summed E-state index contributed by atoms with van der Waals surface area (Å²) >= 11 is 0. The monoisotopic (exact) mass is 326 g/mol. The van der Waals surface area contributed by atoms with E-state index in [0.29, 0.717) is 44.9 Å². The third-order valence-corrected chi connectivity index (χ3v) is 5.01. The fraction of sp³-hybridized carbons (Fsp3) is 0.500. The normalized spacial score (nSPS) is 20.5. The number of allylic oxidation sites excluding steroid dienone is 2. The number of rotatable bonds is 4. The number of hydrogen-bond acceptors (Lipinski definition) is 2. The molecule has 0 spiro atoms. The molecule has 0 bridgehead atoms. The third-order valence-electron chi connectivity index (χ3n) is 5.01. The second kappa shape index (κ2) is 7.65. The molecule has 24 heavy (non-hydrogen) atoms. The lowest BCUT2D eigenvalue weighted by Crippen LogP contribution is -2.51. The second-order valence-electron chi connectivity index (χ2n) is 6.89. The largest absolute Gasteiger partial charge is 0.339 e. The topological polar surface area (TPSA) is 40.6 Å². The fourth-order valence-electron chi connectivity index (χ4n) is 3.42. The molecule has 2 amide bonds. The van der Waals surface area contributed by atoms with Crippen LogP contribution in [-0.4, -0.2) is 47.8 Å². The molecule has 1 aliphatic heterocycles. The van der Waals surface area contributed by atoms with Crippen molar-refractivity contribution >= 4 is 11.8 Å². The molecule has 1 aromatic rings. The number of amides is 2. The molecular formula is C20H26N2O2. The Labute approximate surface area is 144 Å². The Bertz CT molecular complexity index is 613. The Hall–Kier alpha value is -2.10. The molecule has 4 heteroatoms. The molecule has 0 aromatic heterocycles. The van der Waals surface area contributed by atoms with Crippen molar-refractivity contribution in [3.8, 4) is 0 Å². The van der Waals surface area contributed by atoms with Crippen molar-refractivity contribution in [3.05, 3.63) is 47.5 Å².